The summed E-state index contributed by atoms with van der Waals surface area (Å²) >= 11 is 0. The fraction of sp³-hybridized carbons (Fsp3) is 0.750. The van der Waals surface area contributed by atoms with Crippen molar-refractivity contribution in [2.45, 2.75) is 56.8 Å². The predicted octanol–water partition coefficient (Wildman–Crippen LogP) is 1.47. The Hall–Kier alpha value is -1.43. The Morgan fingerprint density at radius 2 is 2.28 bits per heavy atom. The van der Waals surface area contributed by atoms with Gasteiger partial charge in [0.15, 0.2) is 5.69 Å². The first-order valence-electron chi connectivity index (χ1n) is 6.48. The molecule has 1 unspecified atom stereocenters. The lowest BCUT2D eigenvalue weighted by Gasteiger charge is -2.23. The van der Waals surface area contributed by atoms with Crippen LogP contribution in [-0.2, 0) is 11.3 Å². The van der Waals surface area contributed by atoms with E-state index in [1.807, 2.05) is 0 Å². The maximum atomic E-state index is 10.7. The number of hydrogen-bond donors (Lipinski definition) is 1. The van der Waals surface area contributed by atoms with Gasteiger partial charge >= 0.3 is 5.97 Å². The van der Waals surface area contributed by atoms with Crippen molar-refractivity contribution in [1.82, 2.24) is 15.0 Å². The van der Waals surface area contributed by atoms with Crippen LogP contribution >= 0.6 is 0 Å². The van der Waals surface area contributed by atoms with Crippen LogP contribution in [0, 0.1) is 0 Å². The van der Waals surface area contributed by atoms with E-state index in [-0.39, 0.29) is 17.4 Å². The number of carbonyl (C=O) groups is 1. The Morgan fingerprint density at radius 3 is 2.94 bits per heavy atom. The highest BCUT2D eigenvalue weighted by molar-refractivity contribution is 5.84. The number of nitrogens with zero attached hydrogens (tertiary/aromatic N) is 3. The van der Waals surface area contributed by atoms with Crippen LogP contribution in [0.4, 0.5) is 0 Å². The normalized spacial score (nSPS) is 25.9. The van der Waals surface area contributed by atoms with E-state index in [0.29, 0.717) is 6.54 Å². The molecule has 1 saturated heterocycles. The van der Waals surface area contributed by atoms with Gasteiger partial charge in [0.05, 0.1) is 24.4 Å². The summed E-state index contributed by atoms with van der Waals surface area (Å²) < 4.78 is 7.72. The molecule has 6 heteroatoms. The van der Waals surface area contributed by atoms with E-state index >= 15 is 0 Å². The van der Waals surface area contributed by atoms with Crippen LogP contribution in [-0.4, -0.2) is 37.8 Å². The van der Waals surface area contributed by atoms with Crippen LogP contribution in [0.1, 0.15) is 49.0 Å². The molecule has 2 aliphatic rings. The van der Waals surface area contributed by atoms with Crippen molar-refractivity contribution in [2.75, 3.05) is 0 Å². The van der Waals surface area contributed by atoms with Gasteiger partial charge in [-0.3, -0.25) is 0 Å². The zero-order valence-corrected chi connectivity index (χ0v) is 10.2. The molecule has 2 fully saturated rings. The second-order valence-electron chi connectivity index (χ2n) is 5.30. The molecule has 1 aromatic heterocycles. The van der Waals surface area contributed by atoms with E-state index in [2.05, 4.69) is 10.3 Å². The Labute approximate surface area is 105 Å². The van der Waals surface area contributed by atoms with Gasteiger partial charge in [-0.05, 0) is 25.7 Å². The first-order chi connectivity index (χ1) is 8.67. The molecule has 18 heavy (non-hydrogen) atoms. The topological polar surface area (TPSA) is 77.2 Å². The average Bonchev–Trinajstić information content (AvgIpc) is 3.03. The fourth-order valence-corrected chi connectivity index (χ4v) is 3.11. The summed E-state index contributed by atoms with van der Waals surface area (Å²) in [4.78, 5) is 10.7. The second-order valence-corrected chi connectivity index (χ2v) is 5.30. The number of carboxylic acids is 1. The third kappa shape index (κ3) is 2.12. The Kier molecular flexibility index (Phi) is 2.81. The number of hydrogen-bond acceptors (Lipinski definition) is 4. The summed E-state index contributed by atoms with van der Waals surface area (Å²) in [5, 5.41) is 16.2. The standard InChI is InChI=1S/C12H17N3O3/c16-11(17)10-8-15(14-13-10)7-9-3-6-12(18-9)4-1-2-5-12/h8-9H,1-7H2,(H,16,17). The summed E-state index contributed by atoms with van der Waals surface area (Å²) in [5.74, 6) is -1.04. The van der Waals surface area contributed by atoms with Gasteiger partial charge in [-0.2, -0.15) is 0 Å². The van der Waals surface area contributed by atoms with E-state index in [4.69, 9.17) is 9.84 Å². The Balaban J connectivity index is 1.61. The quantitative estimate of drug-likeness (QED) is 0.880. The van der Waals surface area contributed by atoms with Crippen LogP contribution in [0.5, 0.6) is 0 Å². The highest BCUT2D eigenvalue weighted by Gasteiger charge is 2.42. The minimum Gasteiger partial charge on any atom is -0.476 e. The number of carboxylic acid groups (broad SMARTS) is 1. The summed E-state index contributed by atoms with van der Waals surface area (Å²) in [6.07, 6.45) is 8.62. The first-order valence-corrected chi connectivity index (χ1v) is 6.48. The third-order valence-electron chi connectivity index (χ3n) is 4.00. The molecule has 1 spiro atoms. The van der Waals surface area contributed by atoms with E-state index in [0.717, 1.165) is 12.8 Å². The first kappa shape index (κ1) is 11.6. The van der Waals surface area contributed by atoms with E-state index in [9.17, 15) is 4.79 Å². The lowest BCUT2D eigenvalue weighted by molar-refractivity contribution is -0.0430. The summed E-state index contributed by atoms with van der Waals surface area (Å²) in [5.41, 5.74) is 0.101. The van der Waals surface area contributed by atoms with Crippen molar-refractivity contribution in [3.63, 3.8) is 0 Å². The van der Waals surface area contributed by atoms with Gasteiger partial charge in [0.25, 0.3) is 0 Å². The minimum absolute atomic E-state index is 0.0106. The predicted molar refractivity (Wildman–Crippen MR) is 62.3 cm³/mol. The maximum Gasteiger partial charge on any atom is 0.358 e. The van der Waals surface area contributed by atoms with Crippen molar-refractivity contribution in [1.29, 1.82) is 0 Å². The molecule has 1 aromatic rings. The van der Waals surface area contributed by atoms with Crippen LogP contribution < -0.4 is 0 Å². The molecule has 1 aliphatic carbocycles. The number of aromatic nitrogens is 3. The average molecular weight is 251 g/mol. The number of ether oxygens (including phenoxy) is 1. The molecule has 1 saturated carbocycles. The third-order valence-corrected chi connectivity index (χ3v) is 4.00. The molecule has 0 aromatic carbocycles. The molecule has 98 valence electrons. The molecule has 3 rings (SSSR count). The lowest BCUT2D eigenvalue weighted by Crippen LogP contribution is -2.26. The van der Waals surface area contributed by atoms with Gasteiger partial charge in [-0.1, -0.05) is 18.1 Å². The molecule has 0 radical (unpaired) electrons. The summed E-state index contributed by atoms with van der Waals surface area (Å²) in [6, 6.07) is 0. The van der Waals surface area contributed by atoms with Crippen LogP contribution in [0.2, 0.25) is 0 Å². The molecule has 6 nitrogen and oxygen atoms in total. The summed E-state index contributed by atoms with van der Waals surface area (Å²) in [7, 11) is 0. The zero-order valence-electron chi connectivity index (χ0n) is 10.2. The smallest absolute Gasteiger partial charge is 0.358 e. The van der Waals surface area contributed by atoms with Crippen LogP contribution in [0.3, 0.4) is 0 Å². The number of aromatic carboxylic acids is 1. The Morgan fingerprint density at radius 1 is 1.50 bits per heavy atom. The molecule has 1 atom stereocenters. The van der Waals surface area contributed by atoms with Crippen molar-refractivity contribution in [2.24, 2.45) is 0 Å². The van der Waals surface area contributed by atoms with E-state index in [1.54, 1.807) is 4.68 Å². The molecule has 1 aliphatic heterocycles. The largest absolute Gasteiger partial charge is 0.476 e. The van der Waals surface area contributed by atoms with Gasteiger partial charge in [-0.25, -0.2) is 9.48 Å². The van der Waals surface area contributed by atoms with Gasteiger partial charge in [-0.15, -0.1) is 5.10 Å². The maximum absolute atomic E-state index is 10.7. The highest BCUT2D eigenvalue weighted by Crippen LogP contribution is 2.43. The highest BCUT2D eigenvalue weighted by atomic mass is 16.5. The monoisotopic (exact) mass is 251 g/mol. The molecular formula is C12H17N3O3. The van der Waals surface area contributed by atoms with E-state index in [1.165, 1.54) is 31.9 Å². The summed E-state index contributed by atoms with van der Waals surface area (Å²) in [6.45, 7) is 0.599. The van der Waals surface area contributed by atoms with Gasteiger partial charge < -0.3 is 9.84 Å². The van der Waals surface area contributed by atoms with Crippen LogP contribution in [0.25, 0.3) is 0 Å². The van der Waals surface area contributed by atoms with E-state index < -0.39 is 5.97 Å². The second kappa shape index (κ2) is 4.35. The SMILES string of the molecule is O=C(O)c1cn(CC2CCC3(CCCC3)O2)nn1. The molecular weight excluding hydrogens is 234 g/mol. The van der Waals surface area contributed by atoms with Crippen molar-refractivity contribution < 1.29 is 14.6 Å². The number of rotatable bonds is 3. The van der Waals surface area contributed by atoms with Crippen molar-refractivity contribution >= 4 is 5.97 Å². The van der Waals surface area contributed by atoms with Gasteiger partial charge in [0.1, 0.15) is 0 Å². The van der Waals surface area contributed by atoms with Gasteiger partial charge in [0.2, 0.25) is 0 Å². The van der Waals surface area contributed by atoms with Crippen molar-refractivity contribution in [3.05, 3.63) is 11.9 Å². The molecule has 1 N–H and O–H groups in total. The fourth-order valence-electron chi connectivity index (χ4n) is 3.11. The molecule has 2 heterocycles. The zero-order chi connectivity index (χ0) is 12.6. The van der Waals surface area contributed by atoms with Crippen molar-refractivity contribution in [3.8, 4) is 0 Å². The van der Waals surface area contributed by atoms with Crippen LogP contribution in [0.15, 0.2) is 6.20 Å². The van der Waals surface area contributed by atoms with Gasteiger partial charge in [0, 0.05) is 0 Å². The lowest BCUT2D eigenvalue weighted by atomic mass is 9.98. The molecule has 0 amide bonds. The minimum atomic E-state index is -1.04. The Bertz CT molecular complexity index is 451. The molecule has 0 bridgehead atoms.